The lowest BCUT2D eigenvalue weighted by Crippen LogP contribution is -2.23. The van der Waals surface area contributed by atoms with Crippen LogP contribution < -0.4 is 16.0 Å². The predicted molar refractivity (Wildman–Crippen MR) is 117 cm³/mol. The van der Waals surface area contributed by atoms with E-state index in [1.165, 1.54) is 11.1 Å². The minimum Gasteiger partial charge on any atom is -0.388 e. The molecular formula is C20H28N6S. The summed E-state index contributed by atoms with van der Waals surface area (Å²) < 4.78 is 0. The molecule has 0 fully saturated rings. The van der Waals surface area contributed by atoms with Gasteiger partial charge >= 0.3 is 0 Å². The number of rotatable bonds is 9. The average Bonchev–Trinajstić information content (AvgIpc) is 2.63. The Labute approximate surface area is 166 Å². The number of hydrogen-bond donors (Lipinski definition) is 3. The molecule has 0 bridgehead atoms. The molecule has 27 heavy (non-hydrogen) atoms. The average molecular weight is 385 g/mol. The number of aliphatic imine (C=N–C) groups is 1. The van der Waals surface area contributed by atoms with Gasteiger partial charge in [0.05, 0.1) is 0 Å². The van der Waals surface area contributed by atoms with Gasteiger partial charge in [-0.05, 0) is 56.0 Å². The lowest BCUT2D eigenvalue weighted by atomic mass is 10.1. The largest absolute Gasteiger partial charge is 0.388 e. The van der Waals surface area contributed by atoms with Gasteiger partial charge in [-0.1, -0.05) is 13.0 Å². The SMILES string of the molecule is CCNCCN/C=C/N=C(SC)c1ccnc(Nc2cc(C)cc(C)c2)n1. The van der Waals surface area contributed by atoms with Crippen molar-refractivity contribution in [3.63, 3.8) is 0 Å². The fourth-order valence-corrected chi connectivity index (χ4v) is 3.00. The van der Waals surface area contributed by atoms with Crippen LogP contribution in [0.5, 0.6) is 0 Å². The standard InChI is InChI=1S/C20H28N6S/c1-5-21-8-9-22-10-11-23-19(27-4)18-6-7-24-20(26-18)25-17-13-15(2)12-16(3)14-17/h6-7,10-14,21-22H,5,8-9H2,1-4H3,(H,24,25,26)/b11-10+,23-19?. The summed E-state index contributed by atoms with van der Waals surface area (Å²) in [6.45, 7) is 9.02. The second kappa shape index (κ2) is 11.4. The summed E-state index contributed by atoms with van der Waals surface area (Å²) in [4.78, 5) is 13.4. The Morgan fingerprint density at radius 1 is 1.19 bits per heavy atom. The Kier molecular flexibility index (Phi) is 8.80. The normalized spacial score (nSPS) is 11.8. The van der Waals surface area contributed by atoms with Crippen LogP contribution in [0.15, 0.2) is 47.9 Å². The summed E-state index contributed by atoms with van der Waals surface area (Å²) in [7, 11) is 0. The summed E-state index contributed by atoms with van der Waals surface area (Å²) in [5.74, 6) is 0.562. The molecule has 3 N–H and O–H groups in total. The van der Waals surface area contributed by atoms with Crippen LogP contribution in [0.4, 0.5) is 11.6 Å². The van der Waals surface area contributed by atoms with E-state index in [0.29, 0.717) is 5.95 Å². The van der Waals surface area contributed by atoms with Gasteiger partial charge in [-0.15, -0.1) is 11.8 Å². The summed E-state index contributed by atoms with van der Waals surface area (Å²) in [6.07, 6.45) is 7.35. The van der Waals surface area contributed by atoms with Crippen molar-refractivity contribution in [3.05, 3.63) is 59.7 Å². The number of nitrogens with one attached hydrogen (secondary N) is 3. The molecule has 2 rings (SSSR count). The van der Waals surface area contributed by atoms with Gasteiger partial charge in [-0.3, -0.25) is 0 Å². The van der Waals surface area contributed by atoms with Crippen LogP contribution in [0, 0.1) is 13.8 Å². The lowest BCUT2D eigenvalue weighted by molar-refractivity contribution is 0.686. The quantitative estimate of drug-likeness (QED) is 0.348. The predicted octanol–water partition coefficient (Wildman–Crippen LogP) is 3.62. The maximum Gasteiger partial charge on any atom is 0.227 e. The van der Waals surface area contributed by atoms with Crippen LogP contribution in [-0.2, 0) is 0 Å². The van der Waals surface area contributed by atoms with Gasteiger partial charge in [-0.2, -0.15) is 0 Å². The lowest BCUT2D eigenvalue weighted by Gasteiger charge is -2.08. The second-order valence-corrected chi connectivity index (χ2v) is 6.82. The van der Waals surface area contributed by atoms with Gasteiger partial charge in [0.1, 0.15) is 10.7 Å². The monoisotopic (exact) mass is 384 g/mol. The molecule has 0 aliphatic heterocycles. The molecule has 0 amide bonds. The fraction of sp³-hybridized carbons (Fsp3) is 0.350. The fourth-order valence-electron chi connectivity index (χ4n) is 2.52. The van der Waals surface area contributed by atoms with Gasteiger partial charge in [-0.25, -0.2) is 15.0 Å². The molecule has 0 atom stereocenters. The van der Waals surface area contributed by atoms with Gasteiger partial charge in [0.2, 0.25) is 5.95 Å². The van der Waals surface area contributed by atoms with Crippen LogP contribution in [-0.4, -0.2) is 40.9 Å². The molecule has 1 aromatic heterocycles. The number of likely N-dealkylation sites (N-methyl/N-ethyl adjacent to an activating group) is 1. The number of aryl methyl sites for hydroxylation is 2. The zero-order valence-electron chi connectivity index (χ0n) is 16.4. The summed E-state index contributed by atoms with van der Waals surface area (Å²) in [5.41, 5.74) is 4.18. The zero-order valence-corrected chi connectivity index (χ0v) is 17.2. The topological polar surface area (TPSA) is 74.2 Å². The van der Waals surface area contributed by atoms with E-state index in [4.69, 9.17) is 0 Å². The first-order chi connectivity index (χ1) is 13.1. The van der Waals surface area contributed by atoms with Crippen LogP contribution in [0.1, 0.15) is 23.7 Å². The molecule has 1 aromatic carbocycles. The van der Waals surface area contributed by atoms with Crippen molar-refractivity contribution in [2.75, 3.05) is 31.2 Å². The van der Waals surface area contributed by atoms with Gasteiger partial charge < -0.3 is 16.0 Å². The highest BCUT2D eigenvalue weighted by Gasteiger charge is 2.06. The molecular weight excluding hydrogens is 356 g/mol. The van der Waals surface area contributed by atoms with Crippen LogP contribution >= 0.6 is 11.8 Å². The number of nitrogens with zero attached hydrogens (tertiary/aromatic N) is 3. The van der Waals surface area contributed by atoms with E-state index in [-0.39, 0.29) is 0 Å². The maximum absolute atomic E-state index is 4.60. The first-order valence-electron chi connectivity index (χ1n) is 9.02. The molecule has 0 aliphatic carbocycles. The van der Waals surface area contributed by atoms with Gasteiger partial charge in [0.15, 0.2) is 0 Å². The van der Waals surface area contributed by atoms with Crippen LogP contribution in [0.25, 0.3) is 0 Å². The first-order valence-corrected chi connectivity index (χ1v) is 10.2. The van der Waals surface area contributed by atoms with Crippen molar-refractivity contribution in [2.45, 2.75) is 20.8 Å². The summed E-state index contributed by atoms with van der Waals surface area (Å²) >= 11 is 1.56. The number of hydrogen-bond acceptors (Lipinski definition) is 7. The van der Waals surface area contributed by atoms with Gasteiger partial charge in [0.25, 0.3) is 0 Å². The Balaban J connectivity index is 2.05. The van der Waals surface area contributed by atoms with E-state index < -0.39 is 0 Å². The molecule has 0 saturated carbocycles. The maximum atomic E-state index is 4.60. The van der Waals surface area contributed by atoms with Crippen LogP contribution in [0.2, 0.25) is 0 Å². The van der Waals surface area contributed by atoms with E-state index in [2.05, 4.69) is 69.9 Å². The molecule has 0 unspecified atom stereocenters. The van der Waals surface area contributed by atoms with E-state index in [1.54, 1.807) is 24.2 Å². The van der Waals surface area contributed by atoms with Gasteiger partial charge in [0, 0.05) is 37.4 Å². The third-order valence-electron chi connectivity index (χ3n) is 3.63. The molecule has 7 heteroatoms. The van der Waals surface area contributed by atoms with Crippen molar-refractivity contribution < 1.29 is 0 Å². The number of benzene rings is 1. The van der Waals surface area contributed by atoms with Crippen molar-refractivity contribution in [2.24, 2.45) is 4.99 Å². The Bertz CT molecular complexity index is 768. The minimum absolute atomic E-state index is 0.562. The summed E-state index contributed by atoms with van der Waals surface area (Å²) in [5, 5.41) is 10.6. The van der Waals surface area contributed by atoms with E-state index >= 15 is 0 Å². The minimum atomic E-state index is 0.562. The highest BCUT2D eigenvalue weighted by atomic mass is 32.2. The molecule has 144 valence electrons. The molecule has 6 nitrogen and oxygen atoms in total. The molecule has 0 saturated heterocycles. The first kappa shape index (κ1) is 20.9. The Morgan fingerprint density at radius 2 is 1.96 bits per heavy atom. The number of aromatic nitrogens is 2. The van der Waals surface area contributed by atoms with Crippen LogP contribution in [0.3, 0.4) is 0 Å². The molecule has 1 heterocycles. The zero-order chi connectivity index (χ0) is 19.5. The second-order valence-electron chi connectivity index (χ2n) is 6.03. The smallest absolute Gasteiger partial charge is 0.227 e. The van der Waals surface area contributed by atoms with E-state index in [1.807, 2.05) is 18.5 Å². The molecule has 0 aliphatic rings. The number of thioether (sulfide) groups is 1. The van der Waals surface area contributed by atoms with Crippen molar-refractivity contribution in [3.8, 4) is 0 Å². The van der Waals surface area contributed by atoms with E-state index in [0.717, 1.165) is 36.1 Å². The molecule has 2 aromatic rings. The third-order valence-corrected chi connectivity index (χ3v) is 4.33. The van der Waals surface area contributed by atoms with Crippen molar-refractivity contribution >= 4 is 28.4 Å². The van der Waals surface area contributed by atoms with Crippen molar-refractivity contribution in [1.29, 1.82) is 0 Å². The highest BCUT2D eigenvalue weighted by Crippen LogP contribution is 2.18. The highest BCUT2D eigenvalue weighted by molar-refractivity contribution is 8.13. The molecule has 0 radical (unpaired) electrons. The number of anilines is 2. The molecule has 0 spiro atoms. The Hall–Kier alpha value is -2.38. The third kappa shape index (κ3) is 7.40. The Morgan fingerprint density at radius 3 is 2.67 bits per heavy atom. The summed E-state index contributed by atoms with van der Waals surface area (Å²) in [6, 6.07) is 8.16. The van der Waals surface area contributed by atoms with Crippen molar-refractivity contribution in [1.82, 2.24) is 20.6 Å². The van der Waals surface area contributed by atoms with E-state index in [9.17, 15) is 0 Å².